The van der Waals surface area contributed by atoms with E-state index >= 15 is 0 Å². The molecule has 4 rings (SSSR count). The van der Waals surface area contributed by atoms with Gasteiger partial charge in [-0.15, -0.1) is 0 Å². The van der Waals surface area contributed by atoms with E-state index in [-0.39, 0.29) is 23.4 Å². The molecule has 0 fully saturated rings. The lowest BCUT2D eigenvalue weighted by molar-refractivity contribution is 0.0686. The molecule has 2 aromatic heterocycles. The standard InChI is InChI=1S/C28H32ClN5O5S/c1-17(31-14-26(35)21-11-23(29)27(30)32-13-21)8-18-6-7-24-20(9-18)12-25(28(36)37)34(24)15-19-4-3-5-22(10-19)33-16-40(2,38)39/h3-7,9-13,17,26,31,33,35H,8,14-16H2,1-2H3,(H2,30,32)(H,36,37). The van der Waals surface area contributed by atoms with Gasteiger partial charge >= 0.3 is 5.97 Å². The Morgan fingerprint density at radius 3 is 2.62 bits per heavy atom. The predicted molar refractivity (Wildman–Crippen MR) is 158 cm³/mol. The number of pyridine rings is 1. The number of anilines is 2. The summed E-state index contributed by atoms with van der Waals surface area (Å²) in [5, 5.41) is 27.7. The van der Waals surface area contributed by atoms with Crippen molar-refractivity contribution in [3.8, 4) is 0 Å². The van der Waals surface area contributed by atoms with Crippen LogP contribution in [0.3, 0.4) is 0 Å². The number of aliphatic hydroxyl groups excluding tert-OH is 1. The molecule has 2 atom stereocenters. The van der Waals surface area contributed by atoms with Gasteiger partial charge in [-0.2, -0.15) is 0 Å². The number of nitrogens with one attached hydrogen (secondary N) is 2. The number of fused-ring (bicyclic) bond motifs is 1. The van der Waals surface area contributed by atoms with Crippen LogP contribution in [-0.4, -0.2) is 58.9 Å². The number of rotatable bonds is 12. The molecule has 2 aromatic carbocycles. The minimum Gasteiger partial charge on any atom is -0.477 e. The van der Waals surface area contributed by atoms with Gasteiger partial charge in [-0.25, -0.2) is 18.2 Å². The summed E-state index contributed by atoms with van der Waals surface area (Å²) in [5.41, 5.74) is 9.63. The van der Waals surface area contributed by atoms with Gasteiger partial charge < -0.3 is 31.1 Å². The molecule has 0 aliphatic carbocycles. The van der Waals surface area contributed by atoms with Gasteiger partial charge in [0.15, 0.2) is 9.84 Å². The van der Waals surface area contributed by atoms with Crippen molar-refractivity contribution >= 4 is 49.8 Å². The molecule has 0 saturated heterocycles. The summed E-state index contributed by atoms with van der Waals surface area (Å²) in [6, 6.07) is 16.4. The van der Waals surface area contributed by atoms with Crippen molar-refractivity contribution in [3.63, 3.8) is 0 Å². The average molecular weight is 586 g/mol. The van der Waals surface area contributed by atoms with Crippen molar-refractivity contribution in [1.29, 1.82) is 0 Å². The summed E-state index contributed by atoms with van der Waals surface area (Å²) in [4.78, 5) is 16.1. The second-order valence-corrected chi connectivity index (χ2v) is 12.5. The van der Waals surface area contributed by atoms with Crippen LogP contribution in [0.4, 0.5) is 11.5 Å². The second kappa shape index (κ2) is 12.3. The first-order valence-corrected chi connectivity index (χ1v) is 15.0. The maximum Gasteiger partial charge on any atom is 0.352 e. The minimum absolute atomic E-state index is 0.0208. The Morgan fingerprint density at radius 1 is 1.15 bits per heavy atom. The molecule has 0 radical (unpaired) electrons. The zero-order chi connectivity index (χ0) is 29.0. The molecule has 0 amide bonds. The molecule has 6 N–H and O–H groups in total. The van der Waals surface area contributed by atoms with Gasteiger partial charge in [0.1, 0.15) is 17.4 Å². The lowest BCUT2D eigenvalue weighted by Crippen LogP contribution is -2.32. The van der Waals surface area contributed by atoms with E-state index in [0.29, 0.717) is 35.8 Å². The maximum atomic E-state index is 12.1. The number of carbonyl (C=O) groups is 1. The van der Waals surface area contributed by atoms with Crippen LogP contribution in [0.25, 0.3) is 10.9 Å². The fraction of sp³-hybridized carbons (Fsp3) is 0.286. The van der Waals surface area contributed by atoms with Crippen molar-refractivity contribution in [1.82, 2.24) is 14.9 Å². The summed E-state index contributed by atoms with van der Waals surface area (Å²) < 4.78 is 24.7. The van der Waals surface area contributed by atoms with Crippen LogP contribution in [0.2, 0.25) is 5.02 Å². The van der Waals surface area contributed by atoms with Gasteiger partial charge in [0.25, 0.3) is 0 Å². The third-order valence-corrected chi connectivity index (χ3v) is 7.44. The molecule has 0 bridgehead atoms. The van der Waals surface area contributed by atoms with Gasteiger partial charge in [0.05, 0.1) is 11.1 Å². The topological polar surface area (TPSA) is 160 Å². The normalized spacial score (nSPS) is 13.3. The zero-order valence-electron chi connectivity index (χ0n) is 22.1. The molecular weight excluding hydrogens is 554 g/mol. The molecule has 0 saturated carbocycles. The number of hydrogen-bond acceptors (Lipinski definition) is 8. The van der Waals surface area contributed by atoms with Gasteiger partial charge in [0.2, 0.25) is 0 Å². The number of carboxylic acids is 1. The van der Waals surface area contributed by atoms with Crippen molar-refractivity contribution in [2.24, 2.45) is 0 Å². The maximum absolute atomic E-state index is 12.1. The Bertz CT molecular complexity index is 1640. The van der Waals surface area contributed by atoms with Crippen molar-refractivity contribution in [3.05, 3.63) is 88.2 Å². The van der Waals surface area contributed by atoms with Crippen LogP contribution >= 0.6 is 11.6 Å². The number of sulfone groups is 1. The molecule has 12 heteroatoms. The number of aromatic carboxylic acids is 1. The van der Waals surface area contributed by atoms with Crippen LogP contribution in [0.5, 0.6) is 0 Å². The molecule has 2 unspecified atom stereocenters. The largest absolute Gasteiger partial charge is 0.477 e. The van der Waals surface area contributed by atoms with Gasteiger partial charge in [-0.05, 0) is 60.9 Å². The number of hydrogen-bond donors (Lipinski definition) is 5. The highest BCUT2D eigenvalue weighted by molar-refractivity contribution is 7.90. The molecule has 4 aromatic rings. The minimum atomic E-state index is -3.19. The Morgan fingerprint density at radius 2 is 1.93 bits per heavy atom. The summed E-state index contributed by atoms with van der Waals surface area (Å²) in [6.07, 6.45) is 2.51. The summed E-state index contributed by atoms with van der Waals surface area (Å²) in [5.74, 6) is -1.01. The van der Waals surface area contributed by atoms with E-state index in [1.54, 1.807) is 28.8 Å². The number of aromatic nitrogens is 2. The average Bonchev–Trinajstić information content (AvgIpc) is 3.25. The smallest absolute Gasteiger partial charge is 0.352 e. The third kappa shape index (κ3) is 7.51. The Balaban J connectivity index is 1.47. The fourth-order valence-corrected chi connectivity index (χ4v) is 5.08. The second-order valence-electron chi connectivity index (χ2n) is 9.93. The third-order valence-electron chi connectivity index (χ3n) is 6.47. The van der Waals surface area contributed by atoms with E-state index in [2.05, 4.69) is 15.6 Å². The highest BCUT2D eigenvalue weighted by Crippen LogP contribution is 2.25. The summed E-state index contributed by atoms with van der Waals surface area (Å²) in [6.45, 7) is 2.60. The first-order chi connectivity index (χ1) is 18.9. The van der Waals surface area contributed by atoms with Gasteiger partial charge in [-0.1, -0.05) is 29.8 Å². The fourth-order valence-electron chi connectivity index (χ4n) is 4.47. The molecule has 0 aliphatic rings. The van der Waals surface area contributed by atoms with E-state index in [1.165, 1.54) is 6.20 Å². The first kappa shape index (κ1) is 29.3. The lowest BCUT2D eigenvalue weighted by Gasteiger charge is -2.18. The molecule has 40 heavy (non-hydrogen) atoms. The van der Waals surface area contributed by atoms with Gasteiger partial charge in [0, 0.05) is 53.7 Å². The Labute approximate surface area is 237 Å². The lowest BCUT2D eigenvalue weighted by atomic mass is 10.0. The van der Waals surface area contributed by atoms with Crippen molar-refractivity contribution in [2.75, 3.05) is 29.7 Å². The van der Waals surface area contributed by atoms with E-state index in [9.17, 15) is 23.4 Å². The molecule has 212 valence electrons. The SMILES string of the molecule is CC(Cc1ccc2c(c1)cc(C(=O)O)n2Cc1cccc(NCS(C)(=O)=O)c1)NCC(O)c1cnc(N)c(Cl)c1. The molecular formula is C28H32ClN5O5S. The quantitative estimate of drug-likeness (QED) is 0.167. The molecule has 0 spiro atoms. The monoisotopic (exact) mass is 585 g/mol. The van der Waals surface area contributed by atoms with Crippen molar-refractivity contribution < 1.29 is 23.4 Å². The van der Waals surface area contributed by atoms with E-state index in [1.807, 2.05) is 37.3 Å². The first-order valence-electron chi connectivity index (χ1n) is 12.6. The van der Waals surface area contributed by atoms with Crippen LogP contribution in [-0.2, 0) is 22.8 Å². The number of nitrogens with two attached hydrogens (primary N) is 1. The molecule has 2 heterocycles. The summed E-state index contributed by atoms with van der Waals surface area (Å²) >= 11 is 6.01. The van der Waals surface area contributed by atoms with E-state index in [0.717, 1.165) is 28.3 Å². The predicted octanol–water partition coefficient (Wildman–Crippen LogP) is 3.69. The number of halogens is 1. The van der Waals surface area contributed by atoms with Crippen LogP contribution in [0, 0.1) is 0 Å². The van der Waals surface area contributed by atoms with Crippen LogP contribution < -0.4 is 16.4 Å². The number of benzene rings is 2. The van der Waals surface area contributed by atoms with E-state index in [4.69, 9.17) is 17.3 Å². The number of nitrogens with zero attached hydrogens (tertiary/aromatic N) is 2. The van der Waals surface area contributed by atoms with Crippen LogP contribution in [0.15, 0.2) is 60.8 Å². The van der Waals surface area contributed by atoms with Crippen LogP contribution in [0.1, 0.15) is 40.2 Å². The highest BCUT2D eigenvalue weighted by atomic mass is 35.5. The summed E-state index contributed by atoms with van der Waals surface area (Å²) in [7, 11) is -3.19. The Kier molecular flexibility index (Phi) is 8.99. The number of nitrogen functional groups attached to an aromatic ring is 1. The van der Waals surface area contributed by atoms with Crippen molar-refractivity contribution in [2.45, 2.75) is 32.0 Å². The van der Waals surface area contributed by atoms with Gasteiger partial charge in [-0.3, -0.25) is 0 Å². The van der Waals surface area contributed by atoms with E-state index < -0.39 is 21.9 Å². The number of carboxylic acid groups (broad SMARTS) is 1. The highest BCUT2D eigenvalue weighted by Gasteiger charge is 2.17. The number of aliphatic hydroxyl groups is 1. The Hall–Kier alpha value is -3.64. The molecule has 0 aliphatic heterocycles. The zero-order valence-corrected chi connectivity index (χ0v) is 23.7. The molecule has 10 nitrogen and oxygen atoms in total.